The first-order chi connectivity index (χ1) is 24.9. The molecular formula is C34H30O16S4. The van der Waals surface area contributed by atoms with Crippen LogP contribution < -0.4 is 9.47 Å². The van der Waals surface area contributed by atoms with Crippen molar-refractivity contribution in [1.82, 2.24) is 0 Å². The van der Waals surface area contributed by atoms with Gasteiger partial charge in [-0.2, -0.15) is 33.7 Å². The lowest BCUT2D eigenvalue weighted by atomic mass is 9.87. The molecule has 6 N–H and O–H groups in total. The number of fused-ring (bicyclic) bond motifs is 2. The SMILES string of the molecule is C=C1CC(c2ccc(S(=O)(=O)O)c(-c3c(CS(=O)(=O)O)cc4c(c3O)C(=C)CC(c3ccc(S(=O)(=O)O)cc3)O4)c2)Oc2cc(CS(=O)(=O)O)cc(O)c21. The molecule has 2 aliphatic heterocycles. The van der Waals surface area contributed by atoms with Crippen LogP contribution in [0.2, 0.25) is 0 Å². The Morgan fingerprint density at radius 1 is 0.611 bits per heavy atom. The Hall–Kier alpha value is -4.80. The molecule has 0 aromatic heterocycles. The van der Waals surface area contributed by atoms with E-state index in [9.17, 15) is 62.1 Å². The summed E-state index contributed by atoms with van der Waals surface area (Å²) in [6, 6.07) is 11.9. The van der Waals surface area contributed by atoms with Gasteiger partial charge in [0, 0.05) is 24.0 Å². The quantitative estimate of drug-likeness (QED) is 0.120. The highest BCUT2D eigenvalue weighted by molar-refractivity contribution is 7.86. The predicted molar refractivity (Wildman–Crippen MR) is 192 cm³/mol. The topological polar surface area (TPSA) is 276 Å². The lowest BCUT2D eigenvalue weighted by Gasteiger charge is -2.31. The van der Waals surface area contributed by atoms with Crippen LogP contribution in [-0.4, -0.2) is 62.1 Å². The fraction of sp³-hybridized carbons (Fsp3) is 0.176. The maximum absolute atomic E-state index is 12.7. The third-order valence-electron chi connectivity index (χ3n) is 8.76. The van der Waals surface area contributed by atoms with Gasteiger partial charge in [-0.15, -0.1) is 0 Å². The van der Waals surface area contributed by atoms with Gasteiger partial charge in [0.05, 0.1) is 16.0 Å². The lowest BCUT2D eigenvalue weighted by molar-refractivity contribution is 0.200. The van der Waals surface area contributed by atoms with Crippen LogP contribution in [0, 0.1) is 0 Å². The molecular weight excluding hydrogens is 793 g/mol. The van der Waals surface area contributed by atoms with E-state index in [2.05, 4.69) is 13.2 Å². The molecule has 0 saturated carbocycles. The minimum atomic E-state index is -5.10. The molecule has 2 heterocycles. The molecule has 0 spiro atoms. The Balaban J connectivity index is 1.49. The maximum atomic E-state index is 12.7. The Kier molecular flexibility index (Phi) is 9.72. The first-order valence-corrected chi connectivity index (χ1v) is 21.5. The second-order valence-corrected chi connectivity index (χ2v) is 18.4. The van der Waals surface area contributed by atoms with Crippen molar-refractivity contribution in [3.63, 3.8) is 0 Å². The molecule has 16 nitrogen and oxygen atoms in total. The van der Waals surface area contributed by atoms with Crippen LogP contribution in [0.4, 0.5) is 0 Å². The van der Waals surface area contributed by atoms with Gasteiger partial charge in [-0.3, -0.25) is 18.2 Å². The number of ether oxygens (including phenoxy) is 2. The zero-order valence-electron chi connectivity index (χ0n) is 27.6. The fourth-order valence-electron chi connectivity index (χ4n) is 6.58. The fourth-order valence-corrected chi connectivity index (χ4v) is 8.94. The summed E-state index contributed by atoms with van der Waals surface area (Å²) < 4.78 is 147. The molecule has 0 aliphatic carbocycles. The van der Waals surface area contributed by atoms with E-state index in [1.165, 1.54) is 30.3 Å². The molecule has 2 unspecified atom stereocenters. The third-order valence-corrected chi connectivity index (χ3v) is 11.9. The van der Waals surface area contributed by atoms with Crippen molar-refractivity contribution in [3.8, 4) is 34.1 Å². The van der Waals surface area contributed by atoms with E-state index in [1.807, 2.05) is 0 Å². The number of hydrogen-bond acceptors (Lipinski definition) is 12. The van der Waals surface area contributed by atoms with E-state index in [1.54, 1.807) is 0 Å². The van der Waals surface area contributed by atoms with Crippen LogP contribution in [0.15, 0.2) is 83.6 Å². The van der Waals surface area contributed by atoms with Crippen LogP contribution in [-0.2, 0) is 52.0 Å². The molecule has 20 heteroatoms. The van der Waals surface area contributed by atoms with Crippen molar-refractivity contribution in [2.75, 3.05) is 0 Å². The molecule has 0 amide bonds. The van der Waals surface area contributed by atoms with Gasteiger partial charge >= 0.3 is 0 Å². The number of phenolic OH excluding ortho intramolecular Hbond substituents is 2. The highest BCUT2D eigenvalue weighted by Crippen LogP contribution is 2.52. The first-order valence-electron chi connectivity index (χ1n) is 15.4. The van der Waals surface area contributed by atoms with Crippen molar-refractivity contribution >= 4 is 51.6 Å². The normalized spacial score (nSPS) is 17.6. The van der Waals surface area contributed by atoms with Crippen molar-refractivity contribution in [1.29, 1.82) is 0 Å². The molecule has 4 aromatic rings. The summed E-state index contributed by atoms with van der Waals surface area (Å²) in [5.41, 5.74) is -0.0658. The maximum Gasteiger partial charge on any atom is 0.295 e. The van der Waals surface area contributed by atoms with Crippen molar-refractivity contribution in [3.05, 3.63) is 107 Å². The van der Waals surface area contributed by atoms with E-state index >= 15 is 0 Å². The standard InChI is InChI=1S/C34H30O16S4/c1-17-9-27(50-28-12-19(15-51(37,38)39)11-25(35)31(17)28)21-5-8-30(54(46,47)48)24(13-21)33-22(16-52(40,41)42)14-29-32(34(33)36)18(2)10-26(49-29)20-3-6-23(7-4-20)53(43,44)45/h3-8,11-14,26-27,35-36H,1-2,9-10,15-16H2,(H,37,38,39)(H,40,41,42)(H,43,44,45)(H,46,47,48). The summed E-state index contributed by atoms with van der Waals surface area (Å²) in [5, 5.41) is 22.4. The van der Waals surface area contributed by atoms with Gasteiger partial charge in [0.1, 0.15) is 51.6 Å². The number of phenols is 2. The zero-order valence-corrected chi connectivity index (χ0v) is 30.8. The molecule has 0 radical (unpaired) electrons. The Morgan fingerprint density at radius 2 is 1.15 bits per heavy atom. The van der Waals surface area contributed by atoms with Crippen LogP contribution in [0.25, 0.3) is 22.3 Å². The number of rotatable bonds is 9. The average molecular weight is 823 g/mol. The van der Waals surface area contributed by atoms with Crippen molar-refractivity contribution in [2.45, 2.75) is 46.3 Å². The summed E-state index contributed by atoms with van der Waals surface area (Å²) >= 11 is 0. The summed E-state index contributed by atoms with van der Waals surface area (Å²) in [4.78, 5) is -1.16. The molecule has 0 bridgehead atoms. The summed E-state index contributed by atoms with van der Waals surface area (Å²) in [7, 11) is -19.0. The monoisotopic (exact) mass is 822 g/mol. The largest absolute Gasteiger partial charge is 0.507 e. The van der Waals surface area contributed by atoms with E-state index in [0.717, 1.165) is 30.3 Å². The van der Waals surface area contributed by atoms with Gasteiger partial charge in [0.25, 0.3) is 40.5 Å². The molecule has 6 rings (SSSR count). The number of hydrogen-bond donors (Lipinski definition) is 6. The van der Waals surface area contributed by atoms with Crippen LogP contribution in [0.1, 0.15) is 58.4 Å². The summed E-state index contributed by atoms with van der Waals surface area (Å²) in [6.07, 6.45) is -1.92. The summed E-state index contributed by atoms with van der Waals surface area (Å²) in [5.74, 6) is -3.31. The van der Waals surface area contributed by atoms with Gasteiger partial charge in [0.15, 0.2) is 0 Å². The van der Waals surface area contributed by atoms with Gasteiger partial charge in [0.2, 0.25) is 0 Å². The summed E-state index contributed by atoms with van der Waals surface area (Å²) in [6.45, 7) is 7.96. The molecule has 2 aliphatic rings. The minimum Gasteiger partial charge on any atom is -0.507 e. The number of benzene rings is 4. The molecule has 54 heavy (non-hydrogen) atoms. The first kappa shape index (κ1) is 38.9. The van der Waals surface area contributed by atoms with Gasteiger partial charge in [-0.25, -0.2) is 0 Å². The van der Waals surface area contributed by atoms with E-state index < -0.39 is 86.0 Å². The molecule has 4 aromatic carbocycles. The molecule has 2 atom stereocenters. The highest BCUT2D eigenvalue weighted by Gasteiger charge is 2.34. The second kappa shape index (κ2) is 13.5. The predicted octanol–water partition coefficient (Wildman–Crippen LogP) is 5.11. The second-order valence-electron chi connectivity index (χ2n) is 12.7. The van der Waals surface area contributed by atoms with Crippen molar-refractivity contribution in [2.24, 2.45) is 0 Å². The molecule has 0 saturated heterocycles. The Morgan fingerprint density at radius 3 is 1.70 bits per heavy atom. The van der Waals surface area contributed by atoms with E-state index in [0.29, 0.717) is 11.1 Å². The Labute approximate surface area is 309 Å². The van der Waals surface area contributed by atoms with E-state index in [4.69, 9.17) is 9.47 Å². The average Bonchev–Trinajstić information content (AvgIpc) is 3.01. The third kappa shape index (κ3) is 8.00. The lowest BCUT2D eigenvalue weighted by Crippen LogP contribution is -2.17. The molecule has 286 valence electrons. The van der Waals surface area contributed by atoms with Gasteiger partial charge in [-0.1, -0.05) is 31.4 Å². The smallest absolute Gasteiger partial charge is 0.295 e. The van der Waals surface area contributed by atoms with Crippen LogP contribution in [0.5, 0.6) is 23.0 Å². The van der Waals surface area contributed by atoms with Crippen molar-refractivity contribution < 1.29 is 71.6 Å². The zero-order chi connectivity index (χ0) is 39.7. The van der Waals surface area contributed by atoms with Gasteiger partial charge in [-0.05, 0) is 75.9 Å². The van der Waals surface area contributed by atoms with Crippen LogP contribution >= 0.6 is 0 Å². The highest BCUT2D eigenvalue weighted by atomic mass is 32.2. The molecule has 0 fully saturated rings. The minimum absolute atomic E-state index is 0.0160. The van der Waals surface area contributed by atoms with E-state index in [-0.39, 0.29) is 68.4 Å². The van der Waals surface area contributed by atoms with Crippen LogP contribution in [0.3, 0.4) is 0 Å². The Bertz CT molecular complexity index is 2720. The van der Waals surface area contributed by atoms with Gasteiger partial charge < -0.3 is 19.7 Å². The number of aromatic hydroxyl groups is 2.